The zero-order valence-corrected chi connectivity index (χ0v) is 20.7. The summed E-state index contributed by atoms with van der Waals surface area (Å²) in [6.07, 6.45) is 5.44. The Bertz CT molecular complexity index is 1070. The van der Waals surface area contributed by atoms with Gasteiger partial charge in [-0.15, -0.1) is 0 Å². The van der Waals surface area contributed by atoms with Crippen LogP contribution in [0.3, 0.4) is 0 Å². The van der Waals surface area contributed by atoms with Crippen molar-refractivity contribution >= 4 is 29.1 Å². The molecule has 7 rings (SSSR count). The number of nitrogens with one attached hydrogen (secondary N) is 2. The van der Waals surface area contributed by atoms with Crippen molar-refractivity contribution in [3.05, 3.63) is 35.2 Å². The molecule has 2 aromatic rings. The van der Waals surface area contributed by atoms with E-state index in [0.29, 0.717) is 11.8 Å². The van der Waals surface area contributed by atoms with Gasteiger partial charge < -0.3 is 20.3 Å². The molecule has 8 heteroatoms. The van der Waals surface area contributed by atoms with Crippen molar-refractivity contribution in [2.45, 2.75) is 50.2 Å². The highest BCUT2D eigenvalue weighted by molar-refractivity contribution is 7.99. The number of ether oxygens (including phenoxy) is 1. The van der Waals surface area contributed by atoms with Crippen LogP contribution in [0.15, 0.2) is 18.5 Å². The summed E-state index contributed by atoms with van der Waals surface area (Å²) >= 11 is 2.02. The third-order valence-electron chi connectivity index (χ3n) is 8.22. The molecule has 0 spiro atoms. The van der Waals surface area contributed by atoms with Gasteiger partial charge in [0.05, 0.1) is 11.3 Å². The molecule has 4 aliphatic heterocycles. The van der Waals surface area contributed by atoms with E-state index in [9.17, 15) is 0 Å². The average Bonchev–Trinajstić information content (AvgIpc) is 3.57. The second kappa shape index (κ2) is 8.57. The van der Waals surface area contributed by atoms with Crippen molar-refractivity contribution in [1.29, 1.82) is 0 Å². The summed E-state index contributed by atoms with van der Waals surface area (Å²) in [5, 5.41) is 7.23. The van der Waals surface area contributed by atoms with Gasteiger partial charge in [0.1, 0.15) is 29.8 Å². The van der Waals surface area contributed by atoms with E-state index in [1.54, 1.807) is 6.33 Å². The number of hydrogen-bond donors (Lipinski definition) is 2. The number of likely N-dealkylation sites (tertiary alicyclic amines) is 1. The molecular weight excluding hydrogens is 444 g/mol. The lowest BCUT2D eigenvalue weighted by atomic mass is 9.87. The maximum Gasteiger partial charge on any atom is 0.147 e. The van der Waals surface area contributed by atoms with Crippen molar-refractivity contribution in [3.8, 4) is 5.75 Å². The maximum absolute atomic E-state index is 6.74. The Balaban J connectivity index is 1.22. The molecule has 1 aliphatic carbocycles. The summed E-state index contributed by atoms with van der Waals surface area (Å²) in [6, 6.07) is 5.53. The van der Waals surface area contributed by atoms with E-state index in [2.05, 4.69) is 39.5 Å². The molecule has 7 nitrogen and oxygen atoms in total. The first-order chi connectivity index (χ1) is 16.7. The zero-order chi connectivity index (χ0) is 22.6. The van der Waals surface area contributed by atoms with Crippen LogP contribution >= 0.6 is 11.8 Å². The molecule has 2 unspecified atom stereocenters. The minimum atomic E-state index is -0.0908. The summed E-state index contributed by atoms with van der Waals surface area (Å²) in [5.41, 5.74) is 5.03. The summed E-state index contributed by atoms with van der Waals surface area (Å²) in [6.45, 7) is 8.86. The highest BCUT2D eigenvalue weighted by Crippen LogP contribution is 2.52. The molecular formula is C26H34N6OS. The summed E-state index contributed by atoms with van der Waals surface area (Å²) in [7, 11) is 0. The number of rotatable bonds is 4. The zero-order valence-electron chi connectivity index (χ0n) is 19.9. The van der Waals surface area contributed by atoms with Gasteiger partial charge in [-0.1, -0.05) is 6.07 Å². The molecule has 5 heterocycles. The van der Waals surface area contributed by atoms with Gasteiger partial charge in [-0.2, -0.15) is 11.8 Å². The van der Waals surface area contributed by atoms with E-state index in [1.807, 2.05) is 11.8 Å². The van der Waals surface area contributed by atoms with Gasteiger partial charge in [0.15, 0.2) is 0 Å². The first-order valence-electron chi connectivity index (χ1n) is 13.0. The lowest BCUT2D eigenvalue weighted by Gasteiger charge is -2.43. The Kier molecular flexibility index (Phi) is 5.36. The van der Waals surface area contributed by atoms with Crippen LogP contribution < -0.4 is 20.3 Å². The number of nitrogens with zero attached hydrogens (tertiary/aromatic N) is 4. The molecule has 2 atom stereocenters. The Morgan fingerprint density at radius 1 is 1.06 bits per heavy atom. The fourth-order valence-corrected chi connectivity index (χ4v) is 6.96. The Morgan fingerprint density at radius 3 is 2.68 bits per heavy atom. The maximum atomic E-state index is 6.74. The standard InChI is InChI=1S/C26H34N6OS/c1-16-23-25(28-15-29-26(23)31-6-8-34-9-7-31)30-22-11-18(10-21(17-2-3-17)24(22)33-16)19-13-32(14-19)20-4-5-27-12-20/h10-11,15-17,19-20,27H,2-9,12-14H2,1H3,(H,28,29,30). The first kappa shape index (κ1) is 21.3. The van der Waals surface area contributed by atoms with Crippen LogP contribution in [-0.4, -0.2) is 71.7 Å². The topological polar surface area (TPSA) is 65.5 Å². The predicted molar refractivity (Wildman–Crippen MR) is 138 cm³/mol. The fraction of sp³-hybridized carbons (Fsp3) is 0.615. The van der Waals surface area contributed by atoms with Gasteiger partial charge in [-0.05, 0) is 55.8 Å². The Morgan fingerprint density at radius 2 is 1.91 bits per heavy atom. The number of anilines is 3. The van der Waals surface area contributed by atoms with E-state index in [4.69, 9.17) is 14.7 Å². The van der Waals surface area contributed by atoms with Crippen LogP contribution in [0.1, 0.15) is 60.8 Å². The van der Waals surface area contributed by atoms with Crippen molar-refractivity contribution in [3.63, 3.8) is 0 Å². The molecule has 0 radical (unpaired) electrons. The SMILES string of the molecule is CC1Oc2c(cc(C3CN(C4CCNC4)C3)cc2C2CC2)Nc2ncnc(N3CCSCC3)c21. The van der Waals surface area contributed by atoms with E-state index in [1.165, 1.54) is 43.5 Å². The number of benzene rings is 1. The third kappa shape index (κ3) is 3.74. The number of aromatic nitrogens is 2. The van der Waals surface area contributed by atoms with Gasteiger partial charge in [-0.25, -0.2) is 9.97 Å². The lowest BCUT2D eigenvalue weighted by molar-refractivity contribution is 0.101. The molecule has 34 heavy (non-hydrogen) atoms. The van der Waals surface area contributed by atoms with E-state index in [-0.39, 0.29) is 6.10 Å². The molecule has 2 N–H and O–H groups in total. The van der Waals surface area contributed by atoms with Crippen LogP contribution in [0.2, 0.25) is 0 Å². The summed E-state index contributed by atoms with van der Waals surface area (Å²) < 4.78 is 6.74. The highest BCUT2D eigenvalue weighted by atomic mass is 32.2. The molecule has 1 aromatic carbocycles. The van der Waals surface area contributed by atoms with Gasteiger partial charge in [-0.3, -0.25) is 4.90 Å². The lowest BCUT2D eigenvalue weighted by Crippen LogP contribution is -2.51. The van der Waals surface area contributed by atoms with Gasteiger partial charge >= 0.3 is 0 Å². The van der Waals surface area contributed by atoms with Crippen molar-refractivity contribution in [1.82, 2.24) is 20.2 Å². The predicted octanol–water partition coefficient (Wildman–Crippen LogP) is 3.87. The molecule has 4 fully saturated rings. The fourth-order valence-electron chi connectivity index (χ4n) is 6.06. The number of hydrogen-bond acceptors (Lipinski definition) is 8. The monoisotopic (exact) mass is 478 g/mol. The van der Waals surface area contributed by atoms with E-state index < -0.39 is 0 Å². The molecule has 180 valence electrons. The second-order valence-electron chi connectivity index (χ2n) is 10.5. The normalized spacial score (nSPS) is 27.3. The minimum Gasteiger partial charge on any atom is -0.483 e. The second-order valence-corrected chi connectivity index (χ2v) is 11.7. The highest BCUT2D eigenvalue weighted by Gasteiger charge is 2.38. The summed E-state index contributed by atoms with van der Waals surface area (Å²) in [5.74, 6) is 6.50. The van der Waals surface area contributed by atoms with Crippen LogP contribution in [-0.2, 0) is 0 Å². The van der Waals surface area contributed by atoms with Gasteiger partial charge in [0.2, 0.25) is 0 Å². The van der Waals surface area contributed by atoms with Crippen molar-refractivity contribution in [2.24, 2.45) is 0 Å². The van der Waals surface area contributed by atoms with Crippen molar-refractivity contribution in [2.75, 3.05) is 61.0 Å². The number of thioether (sulfide) groups is 1. The molecule has 1 aromatic heterocycles. The number of fused-ring (bicyclic) bond motifs is 2. The van der Waals surface area contributed by atoms with Crippen LogP contribution in [0.4, 0.5) is 17.3 Å². The average molecular weight is 479 g/mol. The Labute approximate surface area is 206 Å². The van der Waals surface area contributed by atoms with E-state index in [0.717, 1.165) is 72.4 Å². The van der Waals surface area contributed by atoms with Gasteiger partial charge in [0.25, 0.3) is 0 Å². The van der Waals surface area contributed by atoms with Gasteiger partial charge in [0, 0.05) is 56.2 Å². The molecule has 1 saturated carbocycles. The smallest absolute Gasteiger partial charge is 0.147 e. The van der Waals surface area contributed by atoms with Crippen LogP contribution in [0.25, 0.3) is 0 Å². The first-order valence-corrected chi connectivity index (χ1v) is 14.1. The van der Waals surface area contributed by atoms with Crippen molar-refractivity contribution < 1.29 is 4.74 Å². The molecule has 5 aliphatic rings. The quantitative estimate of drug-likeness (QED) is 0.687. The third-order valence-corrected chi connectivity index (χ3v) is 9.16. The van der Waals surface area contributed by atoms with E-state index >= 15 is 0 Å². The largest absolute Gasteiger partial charge is 0.483 e. The minimum absolute atomic E-state index is 0.0908. The van der Waals surface area contributed by atoms with Crippen LogP contribution in [0, 0.1) is 0 Å². The Hall–Kier alpha value is -2.03. The summed E-state index contributed by atoms with van der Waals surface area (Å²) in [4.78, 5) is 14.5. The molecule has 0 amide bonds. The van der Waals surface area contributed by atoms with Crippen LogP contribution in [0.5, 0.6) is 5.75 Å². The molecule has 3 saturated heterocycles. The molecule has 0 bridgehead atoms.